The van der Waals surface area contributed by atoms with Gasteiger partial charge in [0, 0.05) is 25.1 Å². The van der Waals surface area contributed by atoms with Crippen LogP contribution in [-0.4, -0.2) is 37.8 Å². The van der Waals surface area contributed by atoms with Crippen LogP contribution in [0.1, 0.15) is 18.5 Å². The minimum absolute atomic E-state index is 0.241. The van der Waals surface area contributed by atoms with E-state index in [1.807, 2.05) is 5.38 Å². The number of esters is 1. The number of thiazole rings is 1. The van der Waals surface area contributed by atoms with E-state index in [1.165, 1.54) is 18.4 Å². The van der Waals surface area contributed by atoms with Gasteiger partial charge in [-0.2, -0.15) is 0 Å². The zero-order valence-electron chi connectivity index (χ0n) is 10.5. The molecule has 0 radical (unpaired) electrons. The molecule has 0 aliphatic carbocycles. The average Bonchev–Trinajstić information content (AvgIpc) is 3.01. The summed E-state index contributed by atoms with van der Waals surface area (Å²) in [6, 6.07) is 0. The van der Waals surface area contributed by atoms with Crippen molar-refractivity contribution < 1.29 is 14.3 Å². The van der Waals surface area contributed by atoms with Crippen molar-refractivity contribution in [2.75, 3.05) is 32.2 Å². The Bertz CT molecular complexity index is 388. The van der Waals surface area contributed by atoms with Gasteiger partial charge in [0.25, 0.3) is 0 Å². The van der Waals surface area contributed by atoms with Crippen molar-refractivity contribution in [1.82, 2.24) is 4.98 Å². The summed E-state index contributed by atoms with van der Waals surface area (Å²) in [4.78, 5) is 15.4. The maximum Gasteiger partial charge on any atom is 0.311 e. The SMILES string of the molecule is COC(=O)Cc1csc(NCCC2CCOC2)n1. The van der Waals surface area contributed by atoms with Crippen LogP contribution in [0.4, 0.5) is 5.13 Å². The molecule has 2 rings (SSSR count). The third kappa shape index (κ3) is 3.96. The molecule has 100 valence electrons. The van der Waals surface area contributed by atoms with Crippen molar-refractivity contribution in [1.29, 1.82) is 0 Å². The highest BCUT2D eigenvalue weighted by Gasteiger charge is 2.15. The summed E-state index contributed by atoms with van der Waals surface area (Å²) in [5.41, 5.74) is 0.763. The molecule has 0 spiro atoms. The van der Waals surface area contributed by atoms with Crippen LogP contribution in [0.15, 0.2) is 5.38 Å². The van der Waals surface area contributed by atoms with E-state index in [0.717, 1.165) is 43.4 Å². The summed E-state index contributed by atoms with van der Waals surface area (Å²) in [7, 11) is 1.39. The van der Waals surface area contributed by atoms with Crippen molar-refractivity contribution in [2.45, 2.75) is 19.3 Å². The second kappa shape index (κ2) is 6.70. The zero-order valence-corrected chi connectivity index (χ0v) is 11.3. The van der Waals surface area contributed by atoms with Crippen molar-refractivity contribution in [3.8, 4) is 0 Å². The molecule has 1 atom stereocenters. The fraction of sp³-hybridized carbons (Fsp3) is 0.667. The number of hydrogen-bond acceptors (Lipinski definition) is 6. The molecule has 1 N–H and O–H groups in total. The molecule has 1 aromatic heterocycles. The zero-order chi connectivity index (χ0) is 12.8. The molecule has 6 heteroatoms. The number of carbonyl (C=O) groups is 1. The monoisotopic (exact) mass is 270 g/mol. The molecule has 1 saturated heterocycles. The van der Waals surface area contributed by atoms with E-state index in [2.05, 4.69) is 15.0 Å². The highest BCUT2D eigenvalue weighted by Crippen LogP contribution is 2.19. The Hall–Kier alpha value is -1.14. The molecule has 0 bridgehead atoms. The molecule has 1 unspecified atom stereocenters. The molecule has 1 aliphatic heterocycles. The standard InChI is InChI=1S/C12H18N2O3S/c1-16-11(15)6-10-8-18-12(14-10)13-4-2-9-3-5-17-7-9/h8-9H,2-7H2,1H3,(H,13,14). The lowest BCUT2D eigenvalue weighted by Gasteiger charge is -2.07. The number of anilines is 1. The van der Waals surface area contributed by atoms with Gasteiger partial charge in [-0.1, -0.05) is 0 Å². The second-order valence-electron chi connectivity index (χ2n) is 4.34. The van der Waals surface area contributed by atoms with Crippen molar-refractivity contribution in [3.05, 3.63) is 11.1 Å². The summed E-state index contributed by atoms with van der Waals surface area (Å²) < 4.78 is 9.93. The first-order valence-corrected chi connectivity index (χ1v) is 6.98. The van der Waals surface area contributed by atoms with Crippen LogP contribution >= 0.6 is 11.3 Å². The van der Waals surface area contributed by atoms with Gasteiger partial charge in [0.1, 0.15) is 0 Å². The first-order valence-electron chi connectivity index (χ1n) is 6.10. The van der Waals surface area contributed by atoms with Crippen molar-refractivity contribution in [3.63, 3.8) is 0 Å². The van der Waals surface area contributed by atoms with Crippen LogP contribution in [0.2, 0.25) is 0 Å². The minimum Gasteiger partial charge on any atom is -0.469 e. The summed E-state index contributed by atoms with van der Waals surface area (Å²) in [6.07, 6.45) is 2.50. The van der Waals surface area contributed by atoms with E-state index in [0.29, 0.717) is 5.92 Å². The lowest BCUT2D eigenvalue weighted by molar-refractivity contribution is -0.139. The Labute approximate surface area is 111 Å². The molecule has 0 amide bonds. The first kappa shape index (κ1) is 13.3. The van der Waals surface area contributed by atoms with Gasteiger partial charge in [0.15, 0.2) is 5.13 Å². The van der Waals surface area contributed by atoms with Crippen LogP contribution in [0.25, 0.3) is 0 Å². The predicted molar refractivity (Wildman–Crippen MR) is 69.9 cm³/mol. The first-order chi connectivity index (χ1) is 8.78. The van der Waals surface area contributed by atoms with Crippen molar-refractivity contribution >= 4 is 22.4 Å². The molecule has 0 saturated carbocycles. The number of nitrogens with zero attached hydrogens (tertiary/aromatic N) is 1. The van der Waals surface area contributed by atoms with Gasteiger partial charge in [-0.15, -0.1) is 11.3 Å². The largest absolute Gasteiger partial charge is 0.469 e. The highest BCUT2D eigenvalue weighted by molar-refractivity contribution is 7.13. The van der Waals surface area contributed by atoms with E-state index < -0.39 is 0 Å². The fourth-order valence-electron chi connectivity index (χ4n) is 1.88. The Balaban J connectivity index is 1.70. The number of methoxy groups -OCH3 is 1. The third-order valence-electron chi connectivity index (χ3n) is 2.96. The smallest absolute Gasteiger partial charge is 0.311 e. The van der Waals surface area contributed by atoms with E-state index >= 15 is 0 Å². The maximum absolute atomic E-state index is 11.1. The Morgan fingerprint density at radius 2 is 2.61 bits per heavy atom. The predicted octanol–water partition coefficient (Wildman–Crippen LogP) is 1.70. The van der Waals surface area contributed by atoms with E-state index in [-0.39, 0.29) is 12.4 Å². The van der Waals surface area contributed by atoms with E-state index in [9.17, 15) is 4.79 Å². The maximum atomic E-state index is 11.1. The number of nitrogens with one attached hydrogen (secondary N) is 1. The Morgan fingerprint density at radius 3 is 3.33 bits per heavy atom. The fourth-order valence-corrected chi connectivity index (χ4v) is 2.62. The number of carbonyl (C=O) groups excluding carboxylic acids is 1. The molecule has 5 nitrogen and oxygen atoms in total. The van der Waals surface area contributed by atoms with Crippen LogP contribution < -0.4 is 5.32 Å². The van der Waals surface area contributed by atoms with Crippen molar-refractivity contribution in [2.24, 2.45) is 5.92 Å². The van der Waals surface area contributed by atoms with Gasteiger partial charge in [-0.3, -0.25) is 4.79 Å². The Morgan fingerprint density at radius 1 is 1.72 bits per heavy atom. The summed E-state index contributed by atoms with van der Waals surface area (Å²) >= 11 is 1.52. The molecule has 0 aromatic carbocycles. The topological polar surface area (TPSA) is 60.5 Å². The van der Waals surface area contributed by atoms with Gasteiger partial charge in [-0.25, -0.2) is 4.98 Å². The molecule has 2 heterocycles. The summed E-state index contributed by atoms with van der Waals surface area (Å²) in [5.74, 6) is 0.418. The molecule has 1 aromatic rings. The molecular formula is C12H18N2O3S. The highest BCUT2D eigenvalue weighted by atomic mass is 32.1. The van der Waals surface area contributed by atoms with E-state index in [4.69, 9.17) is 4.74 Å². The van der Waals surface area contributed by atoms with E-state index in [1.54, 1.807) is 0 Å². The summed E-state index contributed by atoms with van der Waals surface area (Å²) in [5, 5.41) is 6.04. The van der Waals surface area contributed by atoms with Gasteiger partial charge >= 0.3 is 5.97 Å². The van der Waals surface area contributed by atoms with Crippen LogP contribution in [0.5, 0.6) is 0 Å². The summed E-state index contributed by atoms with van der Waals surface area (Å²) in [6.45, 7) is 2.68. The quantitative estimate of drug-likeness (QED) is 0.797. The number of rotatable bonds is 6. The lowest BCUT2D eigenvalue weighted by atomic mass is 10.1. The third-order valence-corrected chi connectivity index (χ3v) is 3.81. The Kier molecular flexibility index (Phi) is 4.95. The minimum atomic E-state index is -0.255. The molecular weight excluding hydrogens is 252 g/mol. The van der Waals surface area contributed by atoms with Gasteiger partial charge in [0.05, 0.1) is 19.2 Å². The van der Waals surface area contributed by atoms with Gasteiger partial charge in [0.2, 0.25) is 0 Å². The molecule has 1 fully saturated rings. The number of hydrogen-bond donors (Lipinski definition) is 1. The van der Waals surface area contributed by atoms with Crippen LogP contribution in [0, 0.1) is 5.92 Å². The van der Waals surface area contributed by atoms with Gasteiger partial charge in [-0.05, 0) is 18.8 Å². The number of ether oxygens (including phenoxy) is 2. The molecule has 1 aliphatic rings. The average molecular weight is 270 g/mol. The van der Waals surface area contributed by atoms with Crippen LogP contribution in [-0.2, 0) is 20.7 Å². The van der Waals surface area contributed by atoms with Crippen LogP contribution in [0.3, 0.4) is 0 Å². The lowest BCUT2D eigenvalue weighted by Crippen LogP contribution is -2.09. The molecule has 18 heavy (non-hydrogen) atoms. The second-order valence-corrected chi connectivity index (χ2v) is 5.20. The number of aromatic nitrogens is 1. The van der Waals surface area contributed by atoms with Gasteiger partial charge < -0.3 is 14.8 Å². The normalized spacial score (nSPS) is 18.8.